The van der Waals surface area contributed by atoms with E-state index in [0.717, 1.165) is 25.9 Å². The SMILES string of the molecule is CCSCCC(C)NC1CCN(CC(=O)N(C)C)CC1. The lowest BCUT2D eigenvalue weighted by molar-refractivity contribution is -0.130. The summed E-state index contributed by atoms with van der Waals surface area (Å²) >= 11 is 2.02. The van der Waals surface area contributed by atoms with Gasteiger partial charge in [0.1, 0.15) is 0 Å². The van der Waals surface area contributed by atoms with Gasteiger partial charge in [0.25, 0.3) is 0 Å². The Hall–Kier alpha value is -0.260. The van der Waals surface area contributed by atoms with E-state index in [2.05, 4.69) is 24.1 Å². The zero-order chi connectivity index (χ0) is 15.0. The Bertz CT molecular complexity index is 278. The molecule has 1 aliphatic rings. The van der Waals surface area contributed by atoms with Gasteiger partial charge in [-0.05, 0) is 37.7 Å². The van der Waals surface area contributed by atoms with Crippen LogP contribution in [0.4, 0.5) is 0 Å². The van der Waals surface area contributed by atoms with E-state index in [1.54, 1.807) is 4.90 Å². The maximum atomic E-state index is 11.7. The molecule has 1 fully saturated rings. The number of rotatable bonds is 8. The zero-order valence-electron chi connectivity index (χ0n) is 13.5. The largest absolute Gasteiger partial charge is 0.348 e. The van der Waals surface area contributed by atoms with Gasteiger partial charge in [0.2, 0.25) is 5.91 Å². The van der Waals surface area contributed by atoms with Crippen molar-refractivity contribution in [2.75, 3.05) is 45.2 Å². The molecule has 1 atom stereocenters. The summed E-state index contributed by atoms with van der Waals surface area (Å²) in [5, 5.41) is 3.74. The van der Waals surface area contributed by atoms with Gasteiger partial charge in [0.05, 0.1) is 6.54 Å². The number of nitrogens with zero attached hydrogens (tertiary/aromatic N) is 2. The molecular formula is C15H31N3OS. The summed E-state index contributed by atoms with van der Waals surface area (Å²) in [7, 11) is 3.65. The van der Waals surface area contributed by atoms with Gasteiger partial charge in [0, 0.05) is 39.3 Å². The molecule has 1 heterocycles. The first-order chi connectivity index (χ1) is 9.52. The summed E-state index contributed by atoms with van der Waals surface area (Å²) in [6.07, 6.45) is 3.57. The van der Waals surface area contributed by atoms with Crippen molar-refractivity contribution in [2.24, 2.45) is 0 Å². The molecular weight excluding hydrogens is 270 g/mol. The Morgan fingerprint density at radius 1 is 1.40 bits per heavy atom. The van der Waals surface area contributed by atoms with Gasteiger partial charge in [-0.1, -0.05) is 6.92 Å². The first-order valence-corrected chi connectivity index (χ1v) is 8.94. The number of hydrogen-bond donors (Lipinski definition) is 1. The lowest BCUT2D eigenvalue weighted by Gasteiger charge is -2.34. The number of hydrogen-bond acceptors (Lipinski definition) is 4. The monoisotopic (exact) mass is 301 g/mol. The average Bonchev–Trinajstić information content (AvgIpc) is 2.41. The van der Waals surface area contributed by atoms with Crippen molar-refractivity contribution in [1.82, 2.24) is 15.1 Å². The van der Waals surface area contributed by atoms with Crippen molar-refractivity contribution in [1.29, 1.82) is 0 Å². The highest BCUT2D eigenvalue weighted by molar-refractivity contribution is 7.99. The van der Waals surface area contributed by atoms with Gasteiger partial charge >= 0.3 is 0 Å². The molecule has 1 N–H and O–H groups in total. The van der Waals surface area contributed by atoms with E-state index < -0.39 is 0 Å². The molecule has 0 aromatic rings. The van der Waals surface area contributed by atoms with Crippen molar-refractivity contribution in [3.63, 3.8) is 0 Å². The third-order valence-corrected chi connectivity index (χ3v) is 4.80. The van der Waals surface area contributed by atoms with Crippen LogP contribution in [0.25, 0.3) is 0 Å². The maximum Gasteiger partial charge on any atom is 0.236 e. The van der Waals surface area contributed by atoms with Crippen molar-refractivity contribution >= 4 is 17.7 Å². The number of carbonyl (C=O) groups excluding carboxylic acids is 1. The van der Waals surface area contributed by atoms with Crippen LogP contribution < -0.4 is 5.32 Å². The summed E-state index contributed by atoms with van der Waals surface area (Å²) in [6, 6.07) is 1.23. The first-order valence-electron chi connectivity index (χ1n) is 7.79. The van der Waals surface area contributed by atoms with Crippen LogP contribution in [-0.2, 0) is 4.79 Å². The zero-order valence-corrected chi connectivity index (χ0v) is 14.3. The maximum absolute atomic E-state index is 11.7. The van der Waals surface area contributed by atoms with Crippen molar-refractivity contribution in [3.8, 4) is 0 Å². The normalized spacial score (nSPS) is 19.0. The van der Waals surface area contributed by atoms with E-state index in [0.29, 0.717) is 18.6 Å². The molecule has 1 amide bonds. The molecule has 5 heteroatoms. The summed E-state index contributed by atoms with van der Waals surface area (Å²) in [5.41, 5.74) is 0. The molecule has 0 bridgehead atoms. The van der Waals surface area contributed by atoms with Crippen LogP contribution in [0.5, 0.6) is 0 Å². The lowest BCUT2D eigenvalue weighted by Crippen LogP contribution is -2.47. The molecule has 1 aliphatic heterocycles. The standard InChI is InChI=1S/C15H31N3OS/c1-5-20-11-8-13(2)16-14-6-9-18(10-7-14)12-15(19)17(3)4/h13-14,16H,5-12H2,1-4H3. The molecule has 0 spiro atoms. The average molecular weight is 302 g/mol. The Morgan fingerprint density at radius 3 is 2.60 bits per heavy atom. The van der Waals surface area contributed by atoms with Crippen LogP contribution >= 0.6 is 11.8 Å². The molecule has 0 aliphatic carbocycles. The number of carbonyl (C=O) groups is 1. The topological polar surface area (TPSA) is 35.6 Å². The van der Waals surface area contributed by atoms with Crippen LogP contribution in [0.15, 0.2) is 0 Å². The second-order valence-corrected chi connectivity index (χ2v) is 7.29. The Labute approximate surface area is 128 Å². The minimum absolute atomic E-state index is 0.210. The minimum atomic E-state index is 0.210. The van der Waals surface area contributed by atoms with Gasteiger partial charge in [0.15, 0.2) is 0 Å². The summed E-state index contributed by atoms with van der Waals surface area (Å²) in [6.45, 7) is 7.15. The molecule has 20 heavy (non-hydrogen) atoms. The predicted molar refractivity (Wildman–Crippen MR) is 88.4 cm³/mol. The van der Waals surface area contributed by atoms with Crippen LogP contribution in [0.3, 0.4) is 0 Å². The fourth-order valence-corrected chi connectivity index (χ4v) is 3.29. The predicted octanol–water partition coefficient (Wildman–Crippen LogP) is 1.66. The number of thioether (sulfide) groups is 1. The molecule has 1 rings (SSSR count). The van der Waals surface area contributed by atoms with Gasteiger partial charge in [-0.25, -0.2) is 0 Å². The molecule has 0 radical (unpaired) electrons. The Balaban J connectivity index is 2.17. The highest BCUT2D eigenvalue weighted by Crippen LogP contribution is 2.12. The van der Waals surface area contributed by atoms with Gasteiger partial charge < -0.3 is 10.2 Å². The third-order valence-electron chi connectivity index (χ3n) is 3.86. The molecule has 118 valence electrons. The summed E-state index contributed by atoms with van der Waals surface area (Å²) in [5.74, 6) is 2.67. The van der Waals surface area contributed by atoms with E-state index in [1.807, 2.05) is 25.9 Å². The second-order valence-electron chi connectivity index (χ2n) is 5.89. The van der Waals surface area contributed by atoms with Crippen molar-refractivity contribution in [3.05, 3.63) is 0 Å². The van der Waals surface area contributed by atoms with Gasteiger partial charge in [-0.15, -0.1) is 0 Å². The van der Waals surface area contributed by atoms with Crippen LogP contribution in [0.1, 0.15) is 33.1 Å². The number of amides is 1. The van der Waals surface area contributed by atoms with Crippen LogP contribution in [-0.4, -0.2) is 73.0 Å². The number of likely N-dealkylation sites (N-methyl/N-ethyl adjacent to an activating group) is 1. The highest BCUT2D eigenvalue weighted by Gasteiger charge is 2.22. The quantitative estimate of drug-likeness (QED) is 0.692. The second kappa shape index (κ2) is 9.64. The van der Waals surface area contributed by atoms with Crippen LogP contribution in [0.2, 0.25) is 0 Å². The van der Waals surface area contributed by atoms with Gasteiger partial charge in [-0.2, -0.15) is 11.8 Å². The van der Waals surface area contributed by atoms with E-state index in [4.69, 9.17) is 0 Å². The van der Waals surface area contributed by atoms with Crippen LogP contribution in [0, 0.1) is 0 Å². The molecule has 1 unspecified atom stereocenters. The van der Waals surface area contributed by atoms with E-state index in [1.165, 1.54) is 17.9 Å². The molecule has 4 nitrogen and oxygen atoms in total. The first kappa shape index (κ1) is 17.8. The van der Waals surface area contributed by atoms with Crippen molar-refractivity contribution in [2.45, 2.75) is 45.2 Å². The van der Waals surface area contributed by atoms with Crippen molar-refractivity contribution < 1.29 is 4.79 Å². The van der Waals surface area contributed by atoms with E-state index in [-0.39, 0.29) is 5.91 Å². The lowest BCUT2D eigenvalue weighted by atomic mass is 10.0. The molecule has 0 aromatic heterocycles. The molecule has 0 aromatic carbocycles. The minimum Gasteiger partial charge on any atom is -0.348 e. The Kier molecular flexibility index (Phi) is 8.57. The van der Waals surface area contributed by atoms with Gasteiger partial charge in [-0.3, -0.25) is 9.69 Å². The summed E-state index contributed by atoms with van der Waals surface area (Å²) < 4.78 is 0. The third kappa shape index (κ3) is 6.95. The smallest absolute Gasteiger partial charge is 0.236 e. The number of piperidine rings is 1. The fourth-order valence-electron chi connectivity index (χ4n) is 2.48. The van der Waals surface area contributed by atoms with E-state index >= 15 is 0 Å². The summed E-state index contributed by atoms with van der Waals surface area (Å²) in [4.78, 5) is 15.6. The Morgan fingerprint density at radius 2 is 2.05 bits per heavy atom. The van der Waals surface area contributed by atoms with E-state index in [9.17, 15) is 4.79 Å². The number of likely N-dealkylation sites (tertiary alicyclic amines) is 1. The number of nitrogens with one attached hydrogen (secondary N) is 1. The fraction of sp³-hybridized carbons (Fsp3) is 0.933. The molecule has 1 saturated heterocycles. The molecule has 0 saturated carbocycles. The highest BCUT2D eigenvalue weighted by atomic mass is 32.2.